The number of aryl methyl sites for hydroxylation is 1. The lowest BCUT2D eigenvalue weighted by Gasteiger charge is -2.28. The molecular formula is C13H21NO3S3. The van der Waals surface area contributed by atoms with E-state index in [1.54, 1.807) is 13.0 Å². The average molecular weight is 336 g/mol. The first-order chi connectivity index (χ1) is 9.46. The van der Waals surface area contributed by atoms with Gasteiger partial charge in [-0.2, -0.15) is 11.8 Å². The molecule has 1 fully saturated rings. The van der Waals surface area contributed by atoms with Gasteiger partial charge in [0.2, 0.25) is 10.0 Å². The quantitative estimate of drug-likeness (QED) is 0.868. The summed E-state index contributed by atoms with van der Waals surface area (Å²) in [5.41, 5.74) is 0. The van der Waals surface area contributed by atoms with E-state index in [1.807, 2.05) is 11.8 Å². The number of hydrogen-bond acceptors (Lipinski definition) is 5. The van der Waals surface area contributed by atoms with Crippen LogP contribution in [0.25, 0.3) is 0 Å². The van der Waals surface area contributed by atoms with Crippen LogP contribution in [0.15, 0.2) is 11.0 Å². The molecule has 20 heavy (non-hydrogen) atoms. The fourth-order valence-electron chi connectivity index (χ4n) is 2.62. The van der Waals surface area contributed by atoms with Crippen LogP contribution in [0, 0.1) is 6.92 Å². The Morgan fingerprint density at radius 2 is 2.25 bits per heavy atom. The maximum atomic E-state index is 12.5. The van der Waals surface area contributed by atoms with Crippen molar-refractivity contribution in [2.24, 2.45) is 0 Å². The molecule has 0 spiro atoms. The first-order valence-corrected chi connectivity index (χ1v) is 10.3. The molecule has 0 radical (unpaired) electrons. The molecule has 2 atom stereocenters. The van der Waals surface area contributed by atoms with Crippen LogP contribution in [0.1, 0.15) is 35.4 Å². The van der Waals surface area contributed by atoms with Crippen LogP contribution < -0.4 is 4.72 Å². The Balaban J connectivity index is 2.12. The molecule has 0 bridgehead atoms. The van der Waals surface area contributed by atoms with Crippen molar-refractivity contribution in [2.45, 2.75) is 55.4 Å². The predicted molar refractivity (Wildman–Crippen MR) is 84.9 cm³/mol. The van der Waals surface area contributed by atoms with Crippen LogP contribution in [0.2, 0.25) is 0 Å². The van der Waals surface area contributed by atoms with E-state index in [0.717, 1.165) is 24.1 Å². The van der Waals surface area contributed by atoms with Gasteiger partial charge in [0, 0.05) is 21.0 Å². The Bertz CT molecular complexity index is 553. The second-order valence-corrected chi connectivity index (χ2v) is 9.30. The molecule has 0 aliphatic heterocycles. The van der Waals surface area contributed by atoms with Crippen molar-refractivity contribution in [3.05, 3.63) is 15.8 Å². The van der Waals surface area contributed by atoms with Crippen molar-refractivity contribution in [3.63, 3.8) is 0 Å². The molecule has 4 nitrogen and oxygen atoms in total. The minimum Gasteiger partial charge on any atom is -0.391 e. The second kappa shape index (κ2) is 6.79. The molecule has 2 N–H and O–H groups in total. The summed E-state index contributed by atoms with van der Waals surface area (Å²) in [5, 5.41) is 9.67. The zero-order valence-corrected chi connectivity index (χ0v) is 14.2. The van der Waals surface area contributed by atoms with Gasteiger partial charge in [-0.1, -0.05) is 6.42 Å². The number of aliphatic hydroxyl groups is 1. The van der Waals surface area contributed by atoms with Crippen LogP contribution in [0.5, 0.6) is 0 Å². The first kappa shape index (κ1) is 16.3. The molecule has 114 valence electrons. The normalized spacial score (nSPS) is 23.9. The summed E-state index contributed by atoms with van der Waals surface area (Å²) in [6, 6.07) is 1.61. The number of sulfonamides is 1. The van der Waals surface area contributed by atoms with Crippen molar-refractivity contribution in [3.8, 4) is 0 Å². The van der Waals surface area contributed by atoms with Gasteiger partial charge in [-0.05, 0) is 38.5 Å². The molecule has 2 rings (SSSR count). The number of aliphatic hydroxyl groups excluding tert-OH is 1. The van der Waals surface area contributed by atoms with Crippen molar-refractivity contribution < 1.29 is 13.5 Å². The van der Waals surface area contributed by atoms with E-state index in [2.05, 4.69) is 11.0 Å². The largest absolute Gasteiger partial charge is 0.391 e. The van der Waals surface area contributed by atoms with E-state index in [0.29, 0.717) is 15.0 Å². The number of rotatable bonds is 5. The van der Waals surface area contributed by atoms with Crippen molar-refractivity contribution in [2.75, 3.05) is 6.26 Å². The number of thioether (sulfide) groups is 1. The van der Waals surface area contributed by atoms with Crippen LogP contribution in [0.4, 0.5) is 0 Å². The minimum absolute atomic E-state index is 0.0306. The predicted octanol–water partition coefficient (Wildman–Crippen LogP) is 2.50. The van der Waals surface area contributed by atoms with Gasteiger partial charge in [0.1, 0.15) is 0 Å². The highest BCUT2D eigenvalue weighted by atomic mass is 32.2. The SMILES string of the molecule is CSC1CCCC(NS(=O)(=O)c2cc(CO)sc2C)C1. The van der Waals surface area contributed by atoms with Gasteiger partial charge in [-0.25, -0.2) is 13.1 Å². The van der Waals surface area contributed by atoms with Crippen molar-refractivity contribution >= 4 is 33.1 Å². The molecule has 1 aromatic heterocycles. The summed E-state index contributed by atoms with van der Waals surface area (Å²) in [7, 11) is -3.47. The lowest BCUT2D eigenvalue weighted by atomic mass is 9.96. The zero-order valence-electron chi connectivity index (χ0n) is 11.8. The maximum absolute atomic E-state index is 12.5. The second-order valence-electron chi connectivity index (χ2n) is 5.13. The van der Waals surface area contributed by atoms with Gasteiger partial charge in [-0.3, -0.25) is 0 Å². The van der Waals surface area contributed by atoms with E-state index in [4.69, 9.17) is 5.11 Å². The molecule has 1 heterocycles. The molecule has 0 aromatic carbocycles. The summed E-state index contributed by atoms with van der Waals surface area (Å²) in [4.78, 5) is 1.74. The third-order valence-electron chi connectivity index (χ3n) is 3.65. The van der Waals surface area contributed by atoms with Crippen LogP contribution in [-0.2, 0) is 16.6 Å². The molecule has 0 saturated heterocycles. The zero-order chi connectivity index (χ0) is 14.8. The van der Waals surface area contributed by atoms with E-state index >= 15 is 0 Å². The summed E-state index contributed by atoms with van der Waals surface area (Å²) in [6.45, 7) is 1.67. The number of thiophene rings is 1. The lowest BCUT2D eigenvalue weighted by molar-refractivity contribution is 0.285. The molecule has 1 aliphatic carbocycles. The third kappa shape index (κ3) is 3.76. The number of hydrogen-bond donors (Lipinski definition) is 2. The fourth-order valence-corrected chi connectivity index (χ4v) is 6.22. The summed E-state index contributed by atoms with van der Waals surface area (Å²) in [5.74, 6) is 0. The number of nitrogens with one attached hydrogen (secondary N) is 1. The van der Waals surface area contributed by atoms with Crippen LogP contribution >= 0.6 is 23.1 Å². The van der Waals surface area contributed by atoms with Crippen molar-refractivity contribution in [1.82, 2.24) is 4.72 Å². The average Bonchev–Trinajstić information content (AvgIpc) is 2.80. The highest BCUT2D eigenvalue weighted by Gasteiger charge is 2.27. The van der Waals surface area contributed by atoms with Gasteiger partial charge in [0.05, 0.1) is 11.5 Å². The molecule has 1 saturated carbocycles. The summed E-state index contributed by atoms with van der Waals surface area (Å²) in [6.07, 6.45) is 6.13. The molecule has 0 amide bonds. The Morgan fingerprint density at radius 1 is 1.50 bits per heavy atom. The Hall–Kier alpha value is -0.0800. The standard InChI is InChI=1S/C13H21NO3S3/c1-9-13(7-12(8-15)19-9)20(16,17)14-10-4-3-5-11(6-10)18-2/h7,10-11,14-15H,3-6,8H2,1-2H3. The summed E-state index contributed by atoms with van der Waals surface area (Å²) < 4.78 is 27.7. The Labute approximate surface area is 129 Å². The van der Waals surface area contributed by atoms with E-state index in [-0.39, 0.29) is 12.6 Å². The maximum Gasteiger partial charge on any atom is 0.241 e. The van der Waals surface area contributed by atoms with E-state index < -0.39 is 10.0 Å². The van der Waals surface area contributed by atoms with Gasteiger partial charge in [0.25, 0.3) is 0 Å². The van der Waals surface area contributed by atoms with Crippen molar-refractivity contribution in [1.29, 1.82) is 0 Å². The molecule has 1 aromatic rings. The van der Waals surface area contributed by atoms with Gasteiger partial charge >= 0.3 is 0 Å². The van der Waals surface area contributed by atoms with E-state index in [9.17, 15) is 8.42 Å². The minimum atomic E-state index is -3.47. The van der Waals surface area contributed by atoms with Crippen LogP contribution in [0.3, 0.4) is 0 Å². The molecular weight excluding hydrogens is 314 g/mol. The first-order valence-electron chi connectivity index (χ1n) is 6.71. The smallest absolute Gasteiger partial charge is 0.241 e. The molecule has 1 aliphatic rings. The van der Waals surface area contributed by atoms with Gasteiger partial charge in [0.15, 0.2) is 0 Å². The highest BCUT2D eigenvalue weighted by Crippen LogP contribution is 2.30. The Kier molecular flexibility index (Phi) is 5.53. The molecule has 2 unspecified atom stereocenters. The van der Waals surface area contributed by atoms with Gasteiger partial charge in [-0.15, -0.1) is 11.3 Å². The topological polar surface area (TPSA) is 66.4 Å². The van der Waals surface area contributed by atoms with Crippen LogP contribution in [-0.4, -0.2) is 31.1 Å². The third-order valence-corrected chi connectivity index (χ3v) is 7.56. The highest BCUT2D eigenvalue weighted by molar-refractivity contribution is 7.99. The van der Waals surface area contributed by atoms with Gasteiger partial charge < -0.3 is 5.11 Å². The van der Waals surface area contributed by atoms with E-state index in [1.165, 1.54) is 17.8 Å². The Morgan fingerprint density at radius 3 is 2.85 bits per heavy atom. The molecule has 7 heteroatoms. The fraction of sp³-hybridized carbons (Fsp3) is 0.692. The summed E-state index contributed by atoms with van der Waals surface area (Å²) >= 11 is 3.15. The monoisotopic (exact) mass is 335 g/mol. The lowest BCUT2D eigenvalue weighted by Crippen LogP contribution is -2.39.